The van der Waals surface area contributed by atoms with E-state index in [0.29, 0.717) is 5.92 Å². The normalized spacial score (nSPS) is 20.3. The van der Waals surface area contributed by atoms with Gasteiger partial charge in [-0.25, -0.2) is 0 Å². The Bertz CT molecular complexity index is 499. The molecule has 1 aromatic rings. The lowest BCUT2D eigenvalue weighted by Crippen LogP contribution is -2.42. The standard InChI is InChI=1S/C19H30N2O2/c1-14(2)12-18(15-7-9-17(23-4)10-8-15)20-19(22)16-6-5-11-21(3)13-16/h7-10,14,16,18H,5-6,11-13H2,1-4H3,(H,20,22). The van der Waals surface area contributed by atoms with Crippen LogP contribution in [-0.2, 0) is 4.79 Å². The number of rotatable bonds is 6. The maximum Gasteiger partial charge on any atom is 0.224 e. The lowest BCUT2D eigenvalue weighted by Gasteiger charge is -2.30. The highest BCUT2D eigenvalue weighted by molar-refractivity contribution is 5.79. The molecule has 1 aliphatic rings. The van der Waals surface area contributed by atoms with Crippen LogP contribution in [0.2, 0.25) is 0 Å². The monoisotopic (exact) mass is 318 g/mol. The third-order valence-corrected chi connectivity index (χ3v) is 4.54. The topological polar surface area (TPSA) is 41.6 Å². The molecule has 0 bridgehead atoms. The predicted molar refractivity (Wildman–Crippen MR) is 93.6 cm³/mol. The molecule has 0 radical (unpaired) electrons. The lowest BCUT2D eigenvalue weighted by atomic mass is 9.94. The van der Waals surface area contributed by atoms with Crippen molar-refractivity contribution >= 4 is 5.91 Å². The first-order chi connectivity index (χ1) is 11.0. The van der Waals surface area contributed by atoms with E-state index in [9.17, 15) is 4.79 Å². The van der Waals surface area contributed by atoms with Gasteiger partial charge >= 0.3 is 0 Å². The van der Waals surface area contributed by atoms with E-state index in [1.165, 1.54) is 0 Å². The molecule has 128 valence electrons. The average Bonchev–Trinajstić information content (AvgIpc) is 2.54. The molecular formula is C19H30N2O2. The van der Waals surface area contributed by atoms with Crippen molar-refractivity contribution in [3.05, 3.63) is 29.8 Å². The molecule has 0 saturated carbocycles. The van der Waals surface area contributed by atoms with Crippen LogP contribution in [-0.4, -0.2) is 38.1 Å². The molecule has 0 aliphatic carbocycles. The highest BCUT2D eigenvalue weighted by Gasteiger charge is 2.26. The Balaban J connectivity index is 2.06. The van der Waals surface area contributed by atoms with Crippen molar-refractivity contribution in [3.8, 4) is 5.75 Å². The molecule has 4 nitrogen and oxygen atoms in total. The largest absolute Gasteiger partial charge is 0.497 e. The van der Waals surface area contributed by atoms with Crippen LogP contribution >= 0.6 is 0 Å². The van der Waals surface area contributed by atoms with Crippen molar-refractivity contribution < 1.29 is 9.53 Å². The zero-order chi connectivity index (χ0) is 16.8. The second-order valence-electron chi connectivity index (χ2n) is 7.07. The minimum absolute atomic E-state index is 0.0700. The summed E-state index contributed by atoms with van der Waals surface area (Å²) in [5.74, 6) is 1.67. The Labute approximate surface area is 140 Å². The van der Waals surface area contributed by atoms with E-state index >= 15 is 0 Å². The van der Waals surface area contributed by atoms with E-state index in [-0.39, 0.29) is 17.9 Å². The number of hydrogen-bond acceptors (Lipinski definition) is 3. The van der Waals surface area contributed by atoms with E-state index in [2.05, 4.69) is 43.2 Å². The molecule has 4 heteroatoms. The van der Waals surface area contributed by atoms with E-state index in [1.807, 2.05) is 12.1 Å². The summed E-state index contributed by atoms with van der Waals surface area (Å²) in [6.07, 6.45) is 3.04. The van der Waals surface area contributed by atoms with Crippen LogP contribution in [0.15, 0.2) is 24.3 Å². The molecule has 1 N–H and O–H groups in total. The Morgan fingerprint density at radius 2 is 2.04 bits per heavy atom. The first kappa shape index (κ1) is 17.8. The van der Waals surface area contributed by atoms with Crippen molar-refractivity contribution in [2.75, 3.05) is 27.2 Å². The second-order valence-corrected chi connectivity index (χ2v) is 7.07. The second kappa shape index (κ2) is 8.34. The maximum absolute atomic E-state index is 12.7. The summed E-state index contributed by atoms with van der Waals surface area (Å²) in [5, 5.41) is 3.29. The van der Waals surface area contributed by atoms with E-state index in [0.717, 1.165) is 43.7 Å². The van der Waals surface area contributed by atoms with Crippen molar-refractivity contribution in [3.63, 3.8) is 0 Å². The third-order valence-electron chi connectivity index (χ3n) is 4.54. The molecule has 0 spiro atoms. The summed E-state index contributed by atoms with van der Waals surface area (Å²) in [7, 11) is 3.76. The molecule has 0 aromatic heterocycles. The number of carbonyl (C=O) groups is 1. The zero-order valence-electron chi connectivity index (χ0n) is 14.8. The number of hydrogen-bond donors (Lipinski definition) is 1. The number of methoxy groups -OCH3 is 1. The molecule has 1 saturated heterocycles. The van der Waals surface area contributed by atoms with Gasteiger partial charge in [0.05, 0.1) is 19.1 Å². The summed E-state index contributed by atoms with van der Waals surface area (Å²) < 4.78 is 5.23. The predicted octanol–water partition coefficient (Wildman–Crippen LogP) is 3.24. The fourth-order valence-electron chi connectivity index (χ4n) is 3.26. The van der Waals surface area contributed by atoms with Crippen LogP contribution in [0, 0.1) is 11.8 Å². The van der Waals surface area contributed by atoms with Gasteiger partial charge in [-0.05, 0) is 56.5 Å². The molecule has 23 heavy (non-hydrogen) atoms. The van der Waals surface area contributed by atoms with Crippen LogP contribution in [0.3, 0.4) is 0 Å². The number of likely N-dealkylation sites (tertiary alicyclic amines) is 1. The summed E-state index contributed by atoms with van der Waals surface area (Å²) in [4.78, 5) is 14.9. The van der Waals surface area contributed by atoms with Crippen molar-refractivity contribution in [2.45, 2.75) is 39.2 Å². The summed E-state index contributed by atoms with van der Waals surface area (Å²) in [5.41, 5.74) is 1.15. The SMILES string of the molecule is COc1ccc(C(CC(C)C)NC(=O)C2CCCN(C)C2)cc1. The number of nitrogens with zero attached hydrogens (tertiary/aromatic N) is 1. The fourth-order valence-corrected chi connectivity index (χ4v) is 3.26. The summed E-state index contributed by atoms with van der Waals surface area (Å²) in [6, 6.07) is 8.10. The number of amides is 1. The molecular weight excluding hydrogens is 288 g/mol. The van der Waals surface area contributed by atoms with Gasteiger partial charge < -0.3 is 15.0 Å². The molecule has 1 amide bonds. The van der Waals surface area contributed by atoms with Gasteiger partial charge in [0.25, 0.3) is 0 Å². The van der Waals surface area contributed by atoms with Crippen molar-refractivity contribution in [1.82, 2.24) is 10.2 Å². The van der Waals surface area contributed by atoms with Gasteiger partial charge in [0, 0.05) is 6.54 Å². The highest BCUT2D eigenvalue weighted by atomic mass is 16.5. The van der Waals surface area contributed by atoms with Gasteiger partial charge in [-0.1, -0.05) is 26.0 Å². The van der Waals surface area contributed by atoms with Crippen molar-refractivity contribution in [1.29, 1.82) is 0 Å². The van der Waals surface area contributed by atoms with Crippen LogP contribution in [0.4, 0.5) is 0 Å². The Morgan fingerprint density at radius 1 is 1.35 bits per heavy atom. The van der Waals surface area contributed by atoms with Gasteiger partial charge in [0.1, 0.15) is 5.75 Å². The van der Waals surface area contributed by atoms with Crippen molar-refractivity contribution in [2.24, 2.45) is 11.8 Å². The van der Waals surface area contributed by atoms with E-state index in [1.54, 1.807) is 7.11 Å². The Hall–Kier alpha value is -1.55. The zero-order valence-corrected chi connectivity index (χ0v) is 14.8. The molecule has 2 atom stereocenters. The number of nitrogens with one attached hydrogen (secondary N) is 1. The average molecular weight is 318 g/mol. The Kier molecular flexibility index (Phi) is 6.46. The minimum atomic E-state index is 0.0700. The van der Waals surface area contributed by atoms with Crippen LogP contribution in [0.5, 0.6) is 5.75 Å². The summed E-state index contributed by atoms with van der Waals surface area (Å²) in [6.45, 7) is 6.34. The Morgan fingerprint density at radius 3 is 2.61 bits per heavy atom. The molecule has 1 heterocycles. The van der Waals surface area contributed by atoms with Crippen LogP contribution in [0.1, 0.15) is 44.7 Å². The number of benzene rings is 1. The van der Waals surface area contributed by atoms with Gasteiger partial charge in [-0.2, -0.15) is 0 Å². The van der Waals surface area contributed by atoms with E-state index in [4.69, 9.17) is 4.74 Å². The first-order valence-electron chi connectivity index (χ1n) is 8.62. The van der Waals surface area contributed by atoms with Gasteiger partial charge in [0.15, 0.2) is 0 Å². The summed E-state index contributed by atoms with van der Waals surface area (Å²) >= 11 is 0. The van der Waals surface area contributed by atoms with Crippen LogP contribution < -0.4 is 10.1 Å². The fraction of sp³-hybridized carbons (Fsp3) is 0.632. The lowest BCUT2D eigenvalue weighted by molar-refractivity contribution is -0.127. The van der Waals surface area contributed by atoms with Gasteiger partial charge in [0.2, 0.25) is 5.91 Å². The molecule has 1 aliphatic heterocycles. The molecule has 1 fully saturated rings. The highest BCUT2D eigenvalue weighted by Crippen LogP contribution is 2.25. The number of piperidine rings is 1. The molecule has 2 rings (SSSR count). The number of carbonyl (C=O) groups excluding carboxylic acids is 1. The molecule has 2 unspecified atom stereocenters. The van der Waals surface area contributed by atoms with Crippen LogP contribution in [0.25, 0.3) is 0 Å². The molecule has 1 aromatic carbocycles. The maximum atomic E-state index is 12.7. The number of ether oxygens (including phenoxy) is 1. The quantitative estimate of drug-likeness (QED) is 0.875. The smallest absolute Gasteiger partial charge is 0.224 e. The first-order valence-corrected chi connectivity index (χ1v) is 8.62. The third kappa shape index (κ3) is 5.24. The van der Waals surface area contributed by atoms with Gasteiger partial charge in [-0.3, -0.25) is 4.79 Å². The minimum Gasteiger partial charge on any atom is -0.497 e. The van der Waals surface area contributed by atoms with E-state index < -0.39 is 0 Å². The van der Waals surface area contributed by atoms with Gasteiger partial charge in [-0.15, -0.1) is 0 Å².